The maximum absolute atomic E-state index is 12.0. The summed E-state index contributed by atoms with van der Waals surface area (Å²) < 4.78 is 1.91. The zero-order valence-electron chi connectivity index (χ0n) is 64.2. The number of phenolic OH excluding ortho intramolecular Hbond substituents is 3. The van der Waals surface area contributed by atoms with Gasteiger partial charge in [0.1, 0.15) is 35.9 Å². The molecule has 580 valence electrons. The minimum Gasteiger partial charge on any atom is -0.508 e. The highest BCUT2D eigenvalue weighted by atomic mass is 16.3. The second-order valence-electron chi connectivity index (χ2n) is 30.4. The van der Waals surface area contributed by atoms with Gasteiger partial charge in [0.15, 0.2) is 0 Å². The molecule has 20 rings (SSSR count). The molecule has 4 aliphatic heterocycles. The lowest BCUT2D eigenvalue weighted by atomic mass is 9.90. The highest BCUT2D eigenvalue weighted by Gasteiger charge is 2.35. The lowest BCUT2D eigenvalue weighted by Crippen LogP contribution is -2.47. The largest absolute Gasteiger partial charge is 0.508 e. The first-order valence-electron chi connectivity index (χ1n) is 38.8. The number of carbonyl (C=O) groups is 5. The molecule has 0 aliphatic carbocycles. The van der Waals surface area contributed by atoms with Gasteiger partial charge in [-0.25, -0.2) is 9.97 Å². The number of aromatic hydroxyl groups is 3. The smallest absolute Gasteiger partial charge is 0.245 e. The summed E-state index contributed by atoms with van der Waals surface area (Å²) in [4.78, 5) is 81.9. The third-order valence-corrected chi connectivity index (χ3v) is 23.0. The number of fused-ring (bicyclic) bond motifs is 8. The van der Waals surface area contributed by atoms with E-state index in [-0.39, 0.29) is 53.3 Å². The summed E-state index contributed by atoms with van der Waals surface area (Å²) in [6.07, 6.45) is 8.86. The van der Waals surface area contributed by atoms with Gasteiger partial charge >= 0.3 is 0 Å². The number of nitrogens with one attached hydrogen (secondary N) is 4. The van der Waals surface area contributed by atoms with Crippen molar-refractivity contribution in [2.24, 2.45) is 5.73 Å². The number of anilines is 2. The Hall–Kier alpha value is -14.9. The minimum atomic E-state index is -0.440. The lowest BCUT2D eigenvalue weighted by Gasteiger charge is -2.39. The Labute approximate surface area is 672 Å². The van der Waals surface area contributed by atoms with E-state index in [1.807, 2.05) is 101 Å². The van der Waals surface area contributed by atoms with Crippen molar-refractivity contribution in [3.05, 3.63) is 303 Å². The normalized spacial score (nSPS) is 14.2. The number of nitrogens with two attached hydrogens (primary N) is 1. The highest BCUT2D eigenvalue weighted by Crippen LogP contribution is 2.42. The van der Waals surface area contributed by atoms with Crippen LogP contribution in [0.2, 0.25) is 0 Å². The van der Waals surface area contributed by atoms with Gasteiger partial charge in [0.25, 0.3) is 0 Å². The van der Waals surface area contributed by atoms with Crippen LogP contribution >= 0.6 is 0 Å². The molecule has 0 saturated carbocycles. The van der Waals surface area contributed by atoms with E-state index in [9.17, 15) is 39.3 Å². The number of amides is 5. The van der Waals surface area contributed by atoms with Crippen LogP contribution in [0.3, 0.4) is 0 Å². The van der Waals surface area contributed by atoms with Crippen molar-refractivity contribution in [3.8, 4) is 51.0 Å². The molecule has 16 aromatic rings. The third kappa shape index (κ3) is 14.8. The molecule has 4 aliphatic rings. The average Bonchev–Trinajstić information content (AvgIpc) is 1.75. The zero-order valence-corrected chi connectivity index (χ0v) is 64.2. The molecule has 21 heteroatoms. The van der Waals surface area contributed by atoms with E-state index in [1.54, 1.807) is 51.1 Å². The summed E-state index contributed by atoms with van der Waals surface area (Å²) >= 11 is 0. The predicted octanol–water partition coefficient (Wildman–Crippen LogP) is 17.0. The predicted molar refractivity (Wildman–Crippen MR) is 463 cm³/mol. The summed E-state index contributed by atoms with van der Waals surface area (Å²) in [6, 6.07) is 70.1. The molecule has 5 aromatic heterocycles. The summed E-state index contributed by atoms with van der Waals surface area (Å²) in [5, 5.41) is 52.4. The van der Waals surface area contributed by atoms with Crippen molar-refractivity contribution < 1.29 is 39.3 Å². The quantitative estimate of drug-likeness (QED) is 0.0445. The van der Waals surface area contributed by atoms with Gasteiger partial charge in [-0.05, 0) is 171 Å². The fraction of sp³-hybridized carbons (Fsp3) is 0.146. The molecule has 0 atom stereocenters. The lowest BCUT2D eigenvalue weighted by molar-refractivity contribution is -0.131. The Bertz CT molecular complexity index is 6720. The van der Waals surface area contributed by atoms with E-state index >= 15 is 0 Å². The van der Waals surface area contributed by atoms with Crippen LogP contribution in [-0.2, 0) is 30.5 Å². The molecule has 4 saturated heterocycles. The topological polar surface area (TPSA) is 288 Å². The number of phenols is 3. The SMILES string of the molecule is C=CC(=O)N1CC(c2ccc3c(Nc4cc(O)cc5ccccc45)ncnc3c2)C1.C=CC(=O)N1CC(c2ccc3cc(-c4c(C)ccc5[nH]ncc45)[nH]c3c2)C1.C=CC(=O)N1CC(c2ccc3cc(-c4cc(O)cc5ccccc45)[nH]c3c2)C1.C=CC(=O)N1CC(c2ccc3cc(-c4cc(O)cc5ccccc45)n(CC(N)=O)c3c2)C1. The first-order valence-corrected chi connectivity index (χ1v) is 38.8. The van der Waals surface area contributed by atoms with Crippen LogP contribution in [0.4, 0.5) is 11.5 Å². The Morgan fingerprint density at radius 2 is 0.915 bits per heavy atom. The fourth-order valence-corrected chi connectivity index (χ4v) is 16.6. The van der Waals surface area contributed by atoms with E-state index in [1.165, 1.54) is 58.3 Å². The van der Waals surface area contributed by atoms with Gasteiger partial charge in [-0.2, -0.15) is 5.10 Å². The van der Waals surface area contributed by atoms with Gasteiger partial charge in [-0.1, -0.05) is 148 Å². The van der Waals surface area contributed by atoms with Crippen molar-refractivity contribution in [3.63, 3.8) is 0 Å². The molecular weight excluding hydrogens is 1460 g/mol. The Kier molecular flexibility index (Phi) is 20.0. The number of rotatable bonds is 15. The number of aryl methyl sites for hydroxylation is 1. The third-order valence-electron chi connectivity index (χ3n) is 23.0. The molecular formula is C96H83N13O8. The maximum Gasteiger partial charge on any atom is 0.245 e. The number of primary amides is 1. The van der Waals surface area contributed by atoms with Crippen molar-refractivity contribution in [2.75, 3.05) is 57.7 Å². The molecule has 117 heavy (non-hydrogen) atoms. The molecule has 21 nitrogen and oxygen atoms in total. The maximum atomic E-state index is 12.0. The van der Waals surface area contributed by atoms with Crippen LogP contribution in [0.25, 0.3) is 121 Å². The van der Waals surface area contributed by atoms with Gasteiger partial charge in [0, 0.05) is 159 Å². The number of hydrogen-bond acceptors (Lipinski definition) is 12. The van der Waals surface area contributed by atoms with Crippen LogP contribution in [0.15, 0.2) is 275 Å². The summed E-state index contributed by atoms with van der Waals surface area (Å²) in [5.41, 5.74) is 23.2. The summed E-state index contributed by atoms with van der Waals surface area (Å²) in [7, 11) is 0. The molecule has 4 fully saturated rings. The van der Waals surface area contributed by atoms with E-state index in [4.69, 9.17) is 5.73 Å². The summed E-state index contributed by atoms with van der Waals surface area (Å²) in [6.45, 7) is 22.0. The Morgan fingerprint density at radius 3 is 1.46 bits per heavy atom. The molecule has 5 amide bonds. The fourth-order valence-electron chi connectivity index (χ4n) is 16.6. The van der Waals surface area contributed by atoms with Gasteiger partial charge in [-0.3, -0.25) is 29.1 Å². The molecule has 9 N–H and O–H groups in total. The number of aromatic amines is 3. The Morgan fingerprint density at radius 1 is 0.453 bits per heavy atom. The van der Waals surface area contributed by atoms with E-state index < -0.39 is 5.91 Å². The number of nitrogens with zero attached hydrogens (tertiary/aromatic N) is 8. The first kappa shape index (κ1) is 74.9. The standard InChI is InChI=1S/C26H23N3O3.C24H20N4O2.C24H20N2O2.C22H20N4O/c1-2-26(32)28-13-19(14-28)16-7-8-18-11-24(29(15-25(27)31)23(18)10-16)22-12-20(30)9-17-5-3-4-6-21(17)22;1-2-23(30)28-12-17(13-28)15-7-8-20-21(10-15)25-14-26-24(20)27-22-11-18(29)9-16-5-3-4-6-19(16)22;1-2-24(28)26-13-18(14-26)15-7-8-17-11-23(25-22(17)10-15)21-12-19(27)9-16-5-3-4-6-20(16)21;1-3-21(27)26-11-16(12-26)14-5-6-15-9-20(24-19(15)8-14)22-13(2)4-7-18-17(22)10-23-25-18/h2-12,19,30H,1,13-15H2,(H2,27,31);2-11,14,17,29H,1,12-13H2,(H,25,26,27);2-12,18,25,27H,1,13-14H2;3-10,16,24H,1,11-12H2,2H3,(H,23,25). The molecule has 9 heterocycles. The van der Waals surface area contributed by atoms with Crippen molar-refractivity contribution in [1.29, 1.82) is 0 Å². The number of aromatic nitrogens is 7. The van der Waals surface area contributed by atoms with Crippen LogP contribution in [0.1, 0.15) is 51.5 Å². The highest BCUT2D eigenvalue weighted by molar-refractivity contribution is 6.05. The van der Waals surface area contributed by atoms with Gasteiger partial charge in [0.05, 0.1) is 28.6 Å². The number of benzene rings is 11. The molecule has 11 aromatic carbocycles. The van der Waals surface area contributed by atoms with Gasteiger partial charge in [-0.15, -0.1) is 0 Å². The number of likely N-dealkylation sites (tertiary alicyclic amines) is 4. The van der Waals surface area contributed by atoms with Gasteiger partial charge < -0.3 is 60.5 Å². The molecule has 0 unspecified atom stereocenters. The van der Waals surface area contributed by atoms with Crippen molar-refractivity contribution in [1.82, 2.24) is 54.3 Å². The second-order valence-corrected chi connectivity index (χ2v) is 30.4. The number of H-pyrrole nitrogens is 3. The van der Waals surface area contributed by atoms with Crippen LogP contribution in [0, 0.1) is 6.92 Å². The Balaban J connectivity index is 0.000000112. The minimum absolute atomic E-state index is 0.00440. The van der Waals surface area contributed by atoms with Gasteiger partial charge in [0.2, 0.25) is 29.5 Å². The van der Waals surface area contributed by atoms with Crippen molar-refractivity contribution in [2.45, 2.75) is 37.1 Å². The second kappa shape index (κ2) is 31.3. The molecule has 0 radical (unpaired) electrons. The zero-order chi connectivity index (χ0) is 80.9. The number of hydrogen-bond donors (Lipinski definition) is 8. The van der Waals surface area contributed by atoms with E-state index in [0.717, 1.165) is 153 Å². The summed E-state index contributed by atoms with van der Waals surface area (Å²) in [5.74, 6) is 2.08. The van der Waals surface area contributed by atoms with E-state index in [2.05, 4.69) is 160 Å². The molecule has 0 spiro atoms. The van der Waals surface area contributed by atoms with Crippen molar-refractivity contribution >= 4 is 128 Å². The monoisotopic (exact) mass is 1550 g/mol. The number of carbonyl (C=O) groups excluding carboxylic acids is 5. The van der Waals surface area contributed by atoms with Crippen LogP contribution in [-0.4, -0.2) is 152 Å². The average molecular weight is 1550 g/mol. The van der Waals surface area contributed by atoms with Crippen LogP contribution < -0.4 is 11.1 Å². The van der Waals surface area contributed by atoms with E-state index in [0.29, 0.717) is 49.8 Å². The van der Waals surface area contributed by atoms with Crippen LogP contribution in [0.5, 0.6) is 17.2 Å². The molecule has 0 bridgehead atoms. The first-order chi connectivity index (χ1) is 56.8.